The molecule has 0 aliphatic carbocycles. The summed E-state index contributed by atoms with van der Waals surface area (Å²) < 4.78 is 9.68. The number of methoxy groups -OCH3 is 2. The Morgan fingerprint density at radius 1 is 0.857 bits per heavy atom. The molecule has 0 saturated carbocycles. The predicted octanol–water partition coefficient (Wildman–Crippen LogP) is 2.72. The van der Waals surface area contributed by atoms with Crippen molar-refractivity contribution in [2.24, 2.45) is 0 Å². The molecule has 0 saturated heterocycles. The van der Waals surface area contributed by atoms with Crippen LogP contribution in [0.25, 0.3) is 0 Å². The summed E-state index contributed by atoms with van der Waals surface area (Å²) in [4.78, 5) is 20.4. The number of hydrogen-bond donors (Lipinski definition) is 1. The summed E-state index contributed by atoms with van der Waals surface area (Å²) in [5.41, 5.74) is 1.10. The molecule has 0 heterocycles. The van der Waals surface area contributed by atoms with Gasteiger partial charge < -0.3 is 14.6 Å². The molecule has 2 aromatic carbocycles. The first-order chi connectivity index (χ1) is 10.1. The van der Waals surface area contributed by atoms with E-state index in [9.17, 15) is 9.59 Å². The van der Waals surface area contributed by atoms with Crippen LogP contribution in [0.4, 0.5) is 0 Å². The highest BCUT2D eigenvalue weighted by Crippen LogP contribution is 2.25. The molecule has 0 aliphatic rings. The van der Waals surface area contributed by atoms with E-state index in [1.54, 1.807) is 43.5 Å². The van der Waals surface area contributed by atoms with Crippen molar-refractivity contribution >= 4 is 12.6 Å². The first kappa shape index (κ1) is 16.2. The predicted molar refractivity (Wildman–Crippen MR) is 78.4 cm³/mol. The van der Waals surface area contributed by atoms with Crippen LogP contribution in [0.15, 0.2) is 42.5 Å². The molecule has 0 spiro atoms. The first-order valence-corrected chi connectivity index (χ1v) is 6.06. The van der Waals surface area contributed by atoms with Crippen LogP contribution in [0.3, 0.4) is 0 Å². The van der Waals surface area contributed by atoms with E-state index in [1.165, 1.54) is 13.2 Å². The van der Waals surface area contributed by atoms with Crippen LogP contribution in [0.2, 0.25) is 0 Å². The average Bonchev–Trinajstić information content (AvgIpc) is 2.55. The van der Waals surface area contributed by atoms with Gasteiger partial charge in [-0.1, -0.05) is 0 Å². The van der Waals surface area contributed by atoms with Crippen molar-refractivity contribution in [1.82, 2.24) is 0 Å². The molecule has 0 fully saturated rings. The minimum Gasteiger partial charge on any atom is -0.504 e. The largest absolute Gasteiger partial charge is 0.504 e. The highest BCUT2D eigenvalue weighted by molar-refractivity contribution is 5.76. The number of hydrogen-bond acceptors (Lipinski definition) is 5. The Morgan fingerprint density at radius 3 is 1.86 bits per heavy atom. The van der Waals surface area contributed by atoms with Crippen molar-refractivity contribution in [3.63, 3.8) is 0 Å². The Hall–Kier alpha value is -2.82. The van der Waals surface area contributed by atoms with Gasteiger partial charge >= 0.3 is 0 Å². The molecule has 1 N–H and O–H groups in total. The average molecular weight is 288 g/mol. The molecule has 5 nitrogen and oxygen atoms in total. The zero-order chi connectivity index (χ0) is 15.7. The zero-order valence-electron chi connectivity index (χ0n) is 11.8. The molecular formula is C16H16O5. The van der Waals surface area contributed by atoms with Gasteiger partial charge in [0.15, 0.2) is 11.5 Å². The Labute approximate surface area is 122 Å². The molecule has 0 atom stereocenters. The van der Waals surface area contributed by atoms with Gasteiger partial charge in [-0.05, 0) is 42.5 Å². The van der Waals surface area contributed by atoms with Crippen molar-refractivity contribution in [2.75, 3.05) is 14.2 Å². The lowest BCUT2D eigenvalue weighted by atomic mass is 10.2. The van der Waals surface area contributed by atoms with Gasteiger partial charge in [0.2, 0.25) is 0 Å². The van der Waals surface area contributed by atoms with Crippen LogP contribution < -0.4 is 9.47 Å². The molecule has 21 heavy (non-hydrogen) atoms. The van der Waals surface area contributed by atoms with Gasteiger partial charge in [-0.25, -0.2) is 0 Å². The lowest BCUT2D eigenvalue weighted by molar-refractivity contribution is 0.111. The summed E-state index contributed by atoms with van der Waals surface area (Å²) in [6.45, 7) is 0. The topological polar surface area (TPSA) is 72.8 Å². The zero-order valence-corrected chi connectivity index (χ0v) is 11.8. The summed E-state index contributed by atoms with van der Waals surface area (Å²) in [6, 6.07) is 11.4. The smallest absolute Gasteiger partial charge is 0.160 e. The lowest BCUT2D eigenvalue weighted by Crippen LogP contribution is -1.85. The maximum Gasteiger partial charge on any atom is 0.160 e. The van der Waals surface area contributed by atoms with Crippen molar-refractivity contribution < 1.29 is 24.2 Å². The summed E-state index contributed by atoms with van der Waals surface area (Å²) in [5.74, 6) is 1.12. The Kier molecular flexibility index (Phi) is 6.47. The molecule has 2 aromatic rings. The quantitative estimate of drug-likeness (QED) is 0.876. The number of carbonyl (C=O) groups excluding carboxylic acids is 2. The lowest BCUT2D eigenvalue weighted by Gasteiger charge is -2.01. The molecule has 0 aromatic heterocycles. The molecule has 0 aliphatic heterocycles. The van der Waals surface area contributed by atoms with Gasteiger partial charge in [0.25, 0.3) is 0 Å². The third-order valence-electron chi connectivity index (χ3n) is 2.59. The maximum atomic E-state index is 10.2. The number of ether oxygens (including phenoxy) is 2. The highest BCUT2D eigenvalue weighted by Gasteiger charge is 2.00. The van der Waals surface area contributed by atoms with Crippen LogP contribution in [0, 0.1) is 0 Å². The highest BCUT2D eigenvalue weighted by atomic mass is 16.5. The van der Waals surface area contributed by atoms with E-state index < -0.39 is 0 Å². The maximum absolute atomic E-state index is 10.2. The van der Waals surface area contributed by atoms with Crippen molar-refractivity contribution in [3.05, 3.63) is 53.6 Å². The number of rotatable bonds is 4. The number of carbonyl (C=O) groups is 2. The number of benzene rings is 2. The van der Waals surface area contributed by atoms with E-state index in [1.807, 2.05) is 0 Å². The second-order valence-electron chi connectivity index (χ2n) is 3.94. The molecule has 5 heteroatoms. The molecule has 0 unspecified atom stereocenters. The molecule has 110 valence electrons. The van der Waals surface area contributed by atoms with Gasteiger partial charge in [-0.3, -0.25) is 9.59 Å². The van der Waals surface area contributed by atoms with E-state index in [0.717, 1.165) is 12.0 Å². The second kappa shape index (κ2) is 8.37. The van der Waals surface area contributed by atoms with E-state index in [2.05, 4.69) is 0 Å². The van der Waals surface area contributed by atoms with Gasteiger partial charge in [-0.2, -0.15) is 0 Å². The van der Waals surface area contributed by atoms with Crippen LogP contribution >= 0.6 is 0 Å². The monoisotopic (exact) mass is 288 g/mol. The minimum atomic E-state index is -0.0166. The fourth-order valence-corrected chi connectivity index (χ4v) is 1.46. The van der Waals surface area contributed by atoms with Crippen molar-refractivity contribution in [1.29, 1.82) is 0 Å². The molecule has 2 rings (SSSR count). The van der Waals surface area contributed by atoms with E-state index in [0.29, 0.717) is 23.2 Å². The molecule has 0 bridgehead atoms. The molecule has 0 amide bonds. The minimum absolute atomic E-state index is 0.0166. The number of aldehydes is 2. The Bertz CT molecular complexity index is 590. The number of aromatic hydroxyl groups is 1. The molecule has 0 radical (unpaired) electrons. The van der Waals surface area contributed by atoms with Gasteiger partial charge in [0.05, 0.1) is 14.2 Å². The van der Waals surface area contributed by atoms with Gasteiger partial charge in [0, 0.05) is 11.1 Å². The first-order valence-electron chi connectivity index (χ1n) is 6.06. The third-order valence-corrected chi connectivity index (χ3v) is 2.59. The number of phenols is 1. The van der Waals surface area contributed by atoms with Crippen molar-refractivity contribution in [2.45, 2.75) is 0 Å². The fraction of sp³-hybridized carbons (Fsp3) is 0.125. The van der Waals surface area contributed by atoms with E-state index >= 15 is 0 Å². The summed E-state index contributed by atoms with van der Waals surface area (Å²) in [6.07, 6.45) is 1.47. The fourth-order valence-electron chi connectivity index (χ4n) is 1.46. The Balaban J connectivity index is 0.000000211. The molecular weight excluding hydrogens is 272 g/mol. The normalized spacial score (nSPS) is 9.05. The van der Waals surface area contributed by atoms with Crippen LogP contribution in [-0.2, 0) is 0 Å². The van der Waals surface area contributed by atoms with Crippen LogP contribution in [-0.4, -0.2) is 31.9 Å². The van der Waals surface area contributed by atoms with Crippen LogP contribution in [0.5, 0.6) is 17.2 Å². The SMILES string of the molecule is COc1ccc(C=O)cc1.COc1ccc(C=O)cc1O. The second-order valence-corrected chi connectivity index (χ2v) is 3.94. The van der Waals surface area contributed by atoms with Crippen molar-refractivity contribution in [3.8, 4) is 17.2 Å². The van der Waals surface area contributed by atoms with Crippen LogP contribution in [0.1, 0.15) is 20.7 Å². The van der Waals surface area contributed by atoms with E-state index in [-0.39, 0.29) is 5.75 Å². The summed E-state index contributed by atoms with van der Waals surface area (Å²) >= 11 is 0. The number of phenolic OH excluding ortho intramolecular Hbond substituents is 1. The van der Waals surface area contributed by atoms with Gasteiger partial charge in [0.1, 0.15) is 18.3 Å². The van der Waals surface area contributed by atoms with E-state index in [4.69, 9.17) is 14.6 Å². The Morgan fingerprint density at radius 2 is 1.43 bits per heavy atom. The van der Waals surface area contributed by atoms with Gasteiger partial charge in [-0.15, -0.1) is 0 Å². The third kappa shape index (κ3) is 4.99. The summed E-state index contributed by atoms with van der Waals surface area (Å²) in [5, 5.41) is 9.14. The summed E-state index contributed by atoms with van der Waals surface area (Å²) in [7, 11) is 3.05. The standard InChI is InChI=1S/C8H8O3.C8H8O2/c1-11-8-3-2-6(5-9)4-7(8)10;1-10-8-4-2-7(6-9)3-5-8/h2-5,10H,1H3;2-6H,1H3.